The summed E-state index contributed by atoms with van der Waals surface area (Å²) in [7, 11) is 0. The molecule has 0 radical (unpaired) electrons. The summed E-state index contributed by atoms with van der Waals surface area (Å²) in [6, 6.07) is 7.63. The highest BCUT2D eigenvalue weighted by atomic mass is 79.9. The molecule has 2 aliphatic rings. The monoisotopic (exact) mass is 496 g/mol. The number of rotatable bonds is 3. The Kier molecular flexibility index (Phi) is 5.07. The van der Waals surface area contributed by atoms with E-state index in [-0.39, 0.29) is 12.0 Å². The minimum atomic E-state index is -1.27. The van der Waals surface area contributed by atoms with Gasteiger partial charge in [-0.25, -0.2) is 15.0 Å². The molecule has 0 saturated heterocycles. The predicted molar refractivity (Wildman–Crippen MR) is 129 cm³/mol. The van der Waals surface area contributed by atoms with Crippen molar-refractivity contribution in [2.75, 3.05) is 22.9 Å². The SMILES string of the molecule is C[C@@]1(O)[C@@H](/C=C/c2ccc3cc(Br)c(N)nc3c2)C[C@@H](N2CCc3c(N)ncnc32)[C@@H]1O. The molecular weight excluding hydrogens is 472 g/mol. The molecule has 1 saturated carbocycles. The molecule has 0 amide bonds. The molecule has 9 heteroatoms. The van der Waals surface area contributed by atoms with Gasteiger partial charge in [-0.1, -0.05) is 24.3 Å². The van der Waals surface area contributed by atoms with E-state index in [1.54, 1.807) is 6.92 Å². The van der Waals surface area contributed by atoms with Crippen LogP contribution < -0.4 is 16.4 Å². The van der Waals surface area contributed by atoms with Crippen molar-refractivity contribution in [1.29, 1.82) is 0 Å². The Labute approximate surface area is 194 Å². The zero-order valence-electron chi connectivity index (χ0n) is 17.6. The number of nitrogen functional groups attached to an aromatic ring is 2. The first-order chi connectivity index (χ1) is 15.3. The van der Waals surface area contributed by atoms with Gasteiger partial charge in [0.15, 0.2) is 0 Å². The van der Waals surface area contributed by atoms with Crippen LogP contribution in [0.4, 0.5) is 17.5 Å². The van der Waals surface area contributed by atoms with Crippen LogP contribution in [0.3, 0.4) is 0 Å². The summed E-state index contributed by atoms with van der Waals surface area (Å²) in [5, 5.41) is 23.1. The van der Waals surface area contributed by atoms with Crippen molar-refractivity contribution < 1.29 is 10.2 Å². The molecule has 166 valence electrons. The van der Waals surface area contributed by atoms with Crippen LogP contribution in [0.5, 0.6) is 0 Å². The molecule has 0 spiro atoms. The standard InChI is InChI=1S/C23H25BrN6O2/c1-23(32)14(5-3-12-2-4-13-9-16(24)21(26)29-17(13)8-12)10-18(19(23)31)30-7-6-15-20(25)27-11-28-22(15)30/h2-5,8-9,11,14,18-19,31-32H,6-7,10H2,1H3,(H2,26,29)(H2,25,27,28)/b5-3+/t14-,18+,19-,23+/m0/s1. The van der Waals surface area contributed by atoms with E-state index >= 15 is 0 Å². The van der Waals surface area contributed by atoms with E-state index in [0.29, 0.717) is 24.6 Å². The van der Waals surface area contributed by atoms with E-state index in [4.69, 9.17) is 11.5 Å². The van der Waals surface area contributed by atoms with Gasteiger partial charge in [-0.05, 0) is 53.4 Å². The van der Waals surface area contributed by atoms with Crippen LogP contribution in [-0.2, 0) is 6.42 Å². The fraction of sp³-hybridized carbons (Fsp3) is 0.348. The molecule has 0 unspecified atom stereocenters. The maximum atomic E-state index is 11.2. The maximum absolute atomic E-state index is 11.2. The zero-order valence-corrected chi connectivity index (χ0v) is 19.2. The largest absolute Gasteiger partial charge is 0.388 e. The summed E-state index contributed by atoms with van der Waals surface area (Å²) in [6.07, 6.45) is 5.79. The first kappa shape index (κ1) is 21.1. The lowest BCUT2D eigenvalue weighted by Gasteiger charge is -2.32. The van der Waals surface area contributed by atoms with Gasteiger partial charge in [0.25, 0.3) is 0 Å². The normalized spacial score (nSPS) is 27.5. The van der Waals surface area contributed by atoms with Gasteiger partial charge in [0.05, 0.1) is 21.6 Å². The van der Waals surface area contributed by atoms with Crippen LogP contribution in [0.2, 0.25) is 0 Å². The lowest BCUT2D eigenvalue weighted by Crippen LogP contribution is -2.48. The molecule has 5 rings (SSSR count). The molecule has 4 atom stereocenters. The number of aliphatic hydroxyl groups excluding tert-OH is 1. The highest BCUT2D eigenvalue weighted by molar-refractivity contribution is 9.10. The van der Waals surface area contributed by atoms with Crippen LogP contribution in [0.1, 0.15) is 24.5 Å². The fourth-order valence-corrected chi connectivity index (χ4v) is 5.21. The van der Waals surface area contributed by atoms with E-state index in [1.165, 1.54) is 6.33 Å². The number of nitrogens with zero attached hydrogens (tertiary/aromatic N) is 4. The summed E-state index contributed by atoms with van der Waals surface area (Å²) >= 11 is 3.40. The summed E-state index contributed by atoms with van der Waals surface area (Å²) < 4.78 is 0.769. The predicted octanol–water partition coefficient (Wildman–Crippen LogP) is 2.53. The molecule has 6 N–H and O–H groups in total. The van der Waals surface area contributed by atoms with Gasteiger partial charge in [0.1, 0.15) is 29.9 Å². The lowest BCUT2D eigenvalue weighted by atomic mass is 9.90. The van der Waals surface area contributed by atoms with Crippen molar-refractivity contribution in [3.05, 3.63) is 52.3 Å². The molecule has 1 aliphatic carbocycles. The maximum Gasteiger partial charge on any atom is 0.138 e. The Morgan fingerprint density at radius 3 is 2.84 bits per heavy atom. The van der Waals surface area contributed by atoms with Gasteiger partial charge in [0.2, 0.25) is 0 Å². The second kappa shape index (κ2) is 7.68. The molecule has 1 fully saturated rings. The third kappa shape index (κ3) is 3.41. The summed E-state index contributed by atoms with van der Waals surface area (Å²) in [4.78, 5) is 14.9. The molecule has 1 aromatic carbocycles. The first-order valence-corrected chi connectivity index (χ1v) is 11.4. The van der Waals surface area contributed by atoms with Gasteiger partial charge in [-0.2, -0.15) is 0 Å². The Hall–Kier alpha value is -2.75. The van der Waals surface area contributed by atoms with Gasteiger partial charge < -0.3 is 26.6 Å². The van der Waals surface area contributed by atoms with E-state index in [1.807, 2.05) is 36.4 Å². The number of fused-ring (bicyclic) bond motifs is 2. The number of pyridine rings is 1. The lowest BCUT2D eigenvalue weighted by molar-refractivity contribution is -0.0600. The van der Waals surface area contributed by atoms with E-state index < -0.39 is 11.7 Å². The number of anilines is 3. The van der Waals surface area contributed by atoms with Crippen molar-refractivity contribution in [3.63, 3.8) is 0 Å². The number of halogens is 1. The van der Waals surface area contributed by atoms with Crippen molar-refractivity contribution in [2.45, 2.75) is 37.5 Å². The van der Waals surface area contributed by atoms with Crippen LogP contribution in [0.15, 0.2) is 41.1 Å². The van der Waals surface area contributed by atoms with E-state index in [0.717, 1.165) is 38.7 Å². The number of benzene rings is 1. The van der Waals surface area contributed by atoms with E-state index in [9.17, 15) is 10.2 Å². The first-order valence-electron chi connectivity index (χ1n) is 10.6. The van der Waals surface area contributed by atoms with Crippen LogP contribution in [-0.4, -0.2) is 49.5 Å². The van der Waals surface area contributed by atoms with Gasteiger partial charge in [0, 0.05) is 23.4 Å². The highest BCUT2D eigenvalue weighted by Gasteiger charge is 2.52. The molecule has 3 aromatic rings. The second-order valence-corrected chi connectivity index (χ2v) is 9.61. The Bertz CT molecular complexity index is 1230. The summed E-state index contributed by atoms with van der Waals surface area (Å²) in [5.74, 6) is 1.44. The number of hydrogen-bond donors (Lipinski definition) is 4. The Morgan fingerprint density at radius 1 is 1.22 bits per heavy atom. The number of aromatic nitrogens is 3. The van der Waals surface area contributed by atoms with Crippen LogP contribution in [0, 0.1) is 5.92 Å². The summed E-state index contributed by atoms with van der Waals surface area (Å²) in [6.45, 7) is 2.39. The Morgan fingerprint density at radius 2 is 2.03 bits per heavy atom. The third-order valence-corrected chi connectivity index (χ3v) is 7.42. The summed E-state index contributed by atoms with van der Waals surface area (Å²) in [5.41, 5.74) is 13.3. The smallest absolute Gasteiger partial charge is 0.138 e. The minimum absolute atomic E-state index is 0.232. The zero-order chi connectivity index (χ0) is 22.6. The number of hydrogen-bond acceptors (Lipinski definition) is 8. The average molecular weight is 497 g/mol. The average Bonchev–Trinajstić information content (AvgIpc) is 3.28. The molecule has 0 bridgehead atoms. The minimum Gasteiger partial charge on any atom is -0.388 e. The fourth-order valence-electron chi connectivity index (χ4n) is 4.88. The quantitative estimate of drug-likeness (QED) is 0.434. The topological polar surface area (TPSA) is 134 Å². The van der Waals surface area contributed by atoms with Crippen molar-refractivity contribution in [2.24, 2.45) is 5.92 Å². The molecule has 2 aromatic heterocycles. The van der Waals surface area contributed by atoms with Crippen molar-refractivity contribution >= 4 is 50.4 Å². The highest BCUT2D eigenvalue weighted by Crippen LogP contribution is 2.43. The second-order valence-electron chi connectivity index (χ2n) is 8.75. The van der Waals surface area contributed by atoms with Crippen molar-refractivity contribution in [1.82, 2.24) is 15.0 Å². The molecule has 1 aliphatic heterocycles. The van der Waals surface area contributed by atoms with Crippen LogP contribution >= 0.6 is 15.9 Å². The molecular formula is C23H25BrN6O2. The van der Waals surface area contributed by atoms with Gasteiger partial charge in [-0.3, -0.25) is 0 Å². The van der Waals surface area contributed by atoms with Crippen molar-refractivity contribution in [3.8, 4) is 0 Å². The molecule has 32 heavy (non-hydrogen) atoms. The van der Waals surface area contributed by atoms with Gasteiger partial charge in [-0.15, -0.1) is 0 Å². The Balaban J connectivity index is 1.40. The molecule has 8 nitrogen and oxygen atoms in total. The number of aliphatic hydroxyl groups is 2. The third-order valence-electron chi connectivity index (χ3n) is 6.78. The van der Waals surface area contributed by atoms with Gasteiger partial charge >= 0.3 is 0 Å². The van der Waals surface area contributed by atoms with Crippen LogP contribution in [0.25, 0.3) is 17.0 Å². The number of nitrogens with two attached hydrogens (primary N) is 2. The molecule has 3 heterocycles. The van der Waals surface area contributed by atoms with E-state index in [2.05, 4.69) is 35.8 Å².